The molecule has 30 heavy (non-hydrogen) atoms. The molecule has 1 aromatic rings. The lowest BCUT2D eigenvalue weighted by molar-refractivity contribution is -0.193. The SMILES string of the molecule is CN1CCN(Cc2cc(F)ccc2O)CC1.O=C(O)C(F)(F)F.O=C(O)C(F)(F)F. The number of likely N-dealkylation sites (N-methyl/N-ethyl adjacent to an activating group) is 1. The topological polar surface area (TPSA) is 101 Å². The number of nitrogens with zero attached hydrogens (tertiary/aromatic N) is 2. The van der Waals surface area contributed by atoms with Crippen LogP contribution in [0.25, 0.3) is 0 Å². The van der Waals surface area contributed by atoms with Gasteiger partial charge in [-0.25, -0.2) is 14.0 Å². The van der Waals surface area contributed by atoms with Crippen molar-refractivity contribution in [1.29, 1.82) is 0 Å². The van der Waals surface area contributed by atoms with Crippen molar-refractivity contribution < 1.29 is 55.6 Å². The number of carbonyl (C=O) groups is 2. The minimum Gasteiger partial charge on any atom is -0.508 e. The molecule has 1 aliphatic rings. The summed E-state index contributed by atoms with van der Waals surface area (Å²) in [5.74, 6) is -5.62. The molecule has 0 radical (unpaired) electrons. The zero-order valence-electron chi connectivity index (χ0n) is 15.5. The van der Waals surface area contributed by atoms with Gasteiger partial charge in [0.2, 0.25) is 0 Å². The molecule has 2 rings (SSSR count). The first-order valence-electron chi connectivity index (χ1n) is 8.02. The molecule has 1 aliphatic heterocycles. The number of carboxylic acid groups (broad SMARTS) is 2. The molecule has 0 aromatic heterocycles. The molecule has 1 fully saturated rings. The highest BCUT2D eigenvalue weighted by molar-refractivity contribution is 5.73. The number of rotatable bonds is 2. The molecule has 1 heterocycles. The zero-order chi connectivity index (χ0) is 23.7. The molecule has 1 saturated heterocycles. The Bertz CT molecular complexity index is 678. The second-order valence-electron chi connectivity index (χ2n) is 5.96. The van der Waals surface area contributed by atoms with Gasteiger partial charge in [-0.1, -0.05) is 0 Å². The summed E-state index contributed by atoms with van der Waals surface area (Å²) in [5, 5.41) is 23.9. The minimum atomic E-state index is -5.08. The minimum absolute atomic E-state index is 0.181. The van der Waals surface area contributed by atoms with Gasteiger partial charge in [0.1, 0.15) is 11.6 Å². The smallest absolute Gasteiger partial charge is 0.490 e. The quantitative estimate of drug-likeness (QED) is 0.593. The first-order valence-corrected chi connectivity index (χ1v) is 8.02. The molecule has 14 heteroatoms. The van der Waals surface area contributed by atoms with Crippen LogP contribution in [0.1, 0.15) is 5.56 Å². The highest BCUT2D eigenvalue weighted by Gasteiger charge is 2.38. The number of halogens is 7. The van der Waals surface area contributed by atoms with Crippen LogP contribution in [-0.2, 0) is 16.1 Å². The summed E-state index contributed by atoms with van der Waals surface area (Å²) in [7, 11) is 2.09. The molecule has 7 nitrogen and oxygen atoms in total. The molecule has 172 valence electrons. The molecule has 0 spiro atoms. The number of phenols is 1. The van der Waals surface area contributed by atoms with Gasteiger partial charge >= 0.3 is 24.3 Å². The summed E-state index contributed by atoms with van der Waals surface area (Å²) < 4.78 is 76.5. The lowest BCUT2D eigenvalue weighted by Gasteiger charge is -2.32. The van der Waals surface area contributed by atoms with Crippen molar-refractivity contribution in [3.63, 3.8) is 0 Å². The van der Waals surface area contributed by atoms with E-state index in [9.17, 15) is 35.8 Å². The Morgan fingerprint density at radius 3 is 1.70 bits per heavy atom. The van der Waals surface area contributed by atoms with E-state index in [2.05, 4.69) is 16.8 Å². The van der Waals surface area contributed by atoms with Crippen LogP contribution in [0.5, 0.6) is 5.75 Å². The van der Waals surface area contributed by atoms with Gasteiger partial charge in [0.05, 0.1) is 0 Å². The van der Waals surface area contributed by atoms with Crippen molar-refractivity contribution in [2.24, 2.45) is 0 Å². The molecule has 0 amide bonds. The van der Waals surface area contributed by atoms with Crippen LogP contribution in [0.4, 0.5) is 30.7 Å². The van der Waals surface area contributed by atoms with E-state index in [0.717, 1.165) is 26.2 Å². The van der Waals surface area contributed by atoms with E-state index in [0.29, 0.717) is 12.1 Å². The van der Waals surface area contributed by atoms with Crippen LogP contribution in [0.15, 0.2) is 18.2 Å². The second-order valence-corrected chi connectivity index (χ2v) is 5.96. The Kier molecular flexibility index (Phi) is 10.5. The van der Waals surface area contributed by atoms with Crippen LogP contribution in [0.2, 0.25) is 0 Å². The van der Waals surface area contributed by atoms with Gasteiger partial charge in [-0.15, -0.1) is 0 Å². The Morgan fingerprint density at radius 1 is 0.933 bits per heavy atom. The summed E-state index contributed by atoms with van der Waals surface area (Å²) in [6.07, 6.45) is -10.2. The largest absolute Gasteiger partial charge is 0.508 e. The van der Waals surface area contributed by atoms with Crippen molar-refractivity contribution in [2.75, 3.05) is 33.2 Å². The van der Waals surface area contributed by atoms with Gasteiger partial charge in [0, 0.05) is 38.3 Å². The maximum atomic E-state index is 13.0. The van der Waals surface area contributed by atoms with Crippen LogP contribution >= 0.6 is 0 Å². The zero-order valence-corrected chi connectivity index (χ0v) is 15.5. The van der Waals surface area contributed by atoms with Gasteiger partial charge < -0.3 is 20.2 Å². The van der Waals surface area contributed by atoms with Crippen LogP contribution in [0.3, 0.4) is 0 Å². The number of hydrogen-bond donors (Lipinski definition) is 3. The average molecular weight is 452 g/mol. The Labute approximate surface area is 165 Å². The van der Waals surface area contributed by atoms with E-state index < -0.39 is 24.3 Å². The van der Waals surface area contributed by atoms with Crippen molar-refractivity contribution in [2.45, 2.75) is 18.9 Å². The van der Waals surface area contributed by atoms with Gasteiger partial charge in [-0.3, -0.25) is 4.90 Å². The van der Waals surface area contributed by atoms with E-state index in [1.54, 1.807) is 0 Å². The van der Waals surface area contributed by atoms with Crippen molar-refractivity contribution in [3.05, 3.63) is 29.6 Å². The molecular formula is C16H19F7N2O5. The number of aliphatic carboxylic acids is 2. The third kappa shape index (κ3) is 11.4. The van der Waals surface area contributed by atoms with E-state index in [1.165, 1.54) is 18.2 Å². The number of piperazine rings is 1. The predicted octanol–water partition coefficient (Wildman–Crippen LogP) is 2.55. The normalized spacial score (nSPS) is 15.3. The number of benzene rings is 1. The van der Waals surface area contributed by atoms with E-state index in [-0.39, 0.29) is 11.6 Å². The number of carboxylic acids is 2. The number of aromatic hydroxyl groups is 1. The fourth-order valence-electron chi connectivity index (χ4n) is 1.93. The molecule has 0 unspecified atom stereocenters. The molecular weight excluding hydrogens is 433 g/mol. The monoisotopic (exact) mass is 452 g/mol. The Morgan fingerprint density at radius 2 is 1.33 bits per heavy atom. The van der Waals surface area contributed by atoms with Gasteiger partial charge in [0.15, 0.2) is 0 Å². The highest BCUT2D eigenvalue weighted by Crippen LogP contribution is 2.20. The number of phenolic OH excluding ortho intramolecular Hbond substituents is 1. The van der Waals surface area contributed by atoms with E-state index in [4.69, 9.17) is 19.8 Å². The highest BCUT2D eigenvalue weighted by atomic mass is 19.4. The summed E-state index contributed by atoms with van der Waals surface area (Å²) >= 11 is 0. The third-order valence-corrected chi connectivity index (χ3v) is 3.52. The maximum absolute atomic E-state index is 13.0. The summed E-state index contributed by atoms with van der Waals surface area (Å²) in [4.78, 5) is 22.3. The standard InChI is InChI=1S/C12H17FN2O.2C2HF3O2/c1-14-4-6-15(7-5-14)9-10-8-11(13)2-3-12(10)16;2*3-2(4,5)1(6)7/h2-3,8,16H,4-7,9H2,1H3;2*(H,6,7). The van der Waals surface area contributed by atoms with E-state index >= 15 is 0 Å². The van der Waals surface area contributed by atoms with Crippen molar-refractivity contribution >= 4 is 11.9 Å². The van der Waals surface area contributed by atoms with Gasteiger partial charge in [-0.05, 0) is 25.2 Å². The van der Waals surface area contributed by atoms with Crippen LogP contribution in [0, 0.1) is 5.82 Å². The van der Waals surface area contributed by atoms with Crippen molar-refractivity contribution in [3.8, 4) is 5.75 Å². The predicted molar refractivity (Wildman–Crippen MR) is 88.2 cm³/mol. The van der Waals surface area contributed by atoms with Crippen LogP contribution in [-0.4, -0.2) is 82.6 Å². The molecule has 0 atom stereocenters. The second kappa shape index (κ2) is 11.5. The van der Waals surface area contributed by atoms with Crippen molar-refractivity contribution in [1.82, 2.24) is 9.80 Å². The molecule has 3 N–H and O–H groups in total. The summed E-state index contributed by atoms with van der Waals surface area (Å²) in [6.45, 7) is 4.60. The Hall–Kier alpha value is -2.61. The third-order valence-electron chi connectivity index (χ3n) is 3.52. The first-order chi connectivity index (χ1) is 13.5. The number of alkyl halides is 6. The fraction of sp³-hybridized carbons (Fsp3) is 0.500. The first kappa shape index (κ1) is 27.4. The van der Waals surface area contributed by atoms with Crippen LogP contribution < -0.4 is 0 Å². The van der Waals surface area contributed by atoms with Gasteiger partial charge in [0.25, 0.3) is 0 Å². The fourth-order valence-corrected chi connectivity index (χ4v) is 1.93. The molecule has 0 bridgehead atoms. The molecule has 0 aliphatic carbocycles. The van der Waals surface area contributed by atoms with E-state index in [1.807, 2.05) is 0 Å². The number of hydrogen-bond acceptors (Lipinski definition) is 5. The maximum Gasteiger partial charge on any atom is 0.490 e. The lowest BCUT2D eigenvalue weighted by atomic mass is 10.1. The average Bonchev–Trinajstić information content (AvgIpc) is 2.59. The molecule has 1 aromatic carbocycles. The summed E-state index contributed by atoms with van der Waals surface area (Å²) in [5.41, 5.74) is 0.671. The lowest BCUT2D eigenvalue weighted by Crippen LogP contribution is -2.43. The molecule has 0 saturated carbocycles. The Balaban J connectivity index is 0.000000503. The summed E-state index contributed by atoms with van der Waals surface area (Å²) in [6, 6.07) is 4.11. The van der Waals surface area contributed by atoms with Gasteiger partial charge in [-0.2, -0.15) is 26.3 Å².